The Kier molecular flexibility index (Phi) is 3.65. The number of hydrogen-bond donors (Lipinski definition) is 2. The number of nitrogens with two attached hydrogens (primary N) is 1. The third-order valence-electron chi connectivity index (χ3n) is 1.93. The zero-order valence-corrected chi connectivity index (χ0v) is 9.15. The Morgan fingerprint density at radius 3 is 2.60 bits per heavy atom. The van der Waals surface area contributed by atoms with Crippen molar-refractivity contribution in [2.75, 3.05) is 5.73 Å². The molecule has 6 heteroatoms. The molecule has 1 rings (SSSR count). The van der Waals surface area contributed by atoms with Crippen LogP contribution in [0.5, 0.6) is 0 Å². The molecule has 0 saturated heterocycles. The van der Waals surface area contributed by atoms with Crippen molar-refractivity contribution in [1.29, 1.82) is 0 Å². The van der Waals surface area contributed by atoms with Crippen molar-refractivity contribution >= 4 is 11.7 Å². The van der Waals surface area contributed by atoms with Crippen LogP contribution in [0.2, 0.25) is 0 Å². The van der Waals surface area contributed by atoms with Crippen molar-refractivity contribution < 1.29 is 9.42 Å². The first-order valence-electron chi connectivity index (χ1n) is 4.89. The molecule has 15 heavy (non-hydrogen) atoms. The Morgan fingerprint density at radius 1 is 1.47 bits per heavy atom. The van der Waals surface area contributed by atoms with E-state index in [2.05, 4.69) is 34.1 Å². The second kappa shape index (κ2) is 4.77. The molecule has 0 aliphatic heterocycles. The number of aromatic nitrogens is 2. The first-order valence-corrected chi connectivity index (χ1v) is 4.89. The van der Waals surface area contributed by atoms with Crippen LogP contribution in [0, 0.1) is 5.92 Å². The molecule has 0 fully saturated rings. The lowest BCUT2D eigenvalue weighted by molar-refractivity contribution is 0.0927. The van der Waals surface area contributed by atoms with Crippen LogP contribution in [0.15, 0.2) is 4.63 Å². The Balaban J connectivity index is 2.53. The summed E-state index contributed by atoms with van der Waals surface area (Å²) in [6, 6.07) is 0.0774. The molecule has 1 atom stereocenters. The summed E-state index contributed by atoms with van der Waals surface area (Å²) in [5.41, 5.74) is 5.44. The van der Waals surface area contributed by atoms with Gasteiger partial charge in [-0.2, -0.15) is 0 Å². The molecule has 1 aromatic rings. The van der Waals surface area contributed by atoms with E-state index in [1.165, 1.54) is 0 Å². The molecule has 1 heterocycles. The summed E-state index contributed by atoms with van der Waals surface area (Å²) in [4.78, 5) is 11.6. The normalized spacial score (nSPS) is 12.8. The van der Waals surface area contributed by atoms with Gasteiger partial charge in [-0.3, -0.25) is 4.79 Å². The molecular weight excluding hydrogens is 196 g/mol. The predicted molar refractivity (Wildman–Crippen MR) is 55.1 cm³/mol. The highest BCUT2D eigenvalue weighted by molar-refractivity contribution is 5.96. The molecule has 0 saturated carbocycles. The van der Waals surface area contributed by atoms with E-state index in [1.54, 1.807) is 0 Å². The average molecular weight is 212 g/mol. The van der Waals surface area contributed by atoms with Gasteiger partial charge in [-0.25, -0.2) is 4.63 Å². The van der Waals surface area contributed by atoms with E-state index >= 15 is 0 Å². The summed E-state index contributed by atoms with van der Waals surface area (Å²) in [5.74, 6) is 0.194. The monoisotopic (exact) mass is 212 g/mol. The minimum Gasteiger partial charge on any atom is -0.379 e. The van der Waals surface area contributed by atoms with Crippen molar-refractivity contribution in [2.24, 2.45) is 5.92 Å². The van der Waals surface area contributed by atoms with Crippen molar-refractivity contribution in [3.63, 3.8) is 0 Å². The van der Waals surface area contributed by atoms with Crippen LogP contribution in [0.4, 0.5) is 5.82 Å². The SMILES string of the molecule is CC(C)CC(C)NC(=O)c1nonc1N. The van der Waals surface area contributed by atoms with Gasteiger partial charge in [0.05, 0.1) is 0 Å². The lowest BCUT2D eigenvalue weighted by Gasteiger charge is -2.14. The number of nitrogens with one attached hydrogen (secondary N) is 1. The van der Waals surface area contributed by atoms with E-state index in [4.69, 9.17) is 5.73 Å². The quantitative estimate of drug-likeness (QED) is 0.770. The van der Waals surface area contributed by atoms with E-state index in [9.17, 15) is 4.79 Å². The number of carbonyl (C=O) groups is 1. The molecule has 1 unspecified atom stereocenters. The maximum atomic E-state index is 11.6. The fourth-order valence-electron chi connectivity index (χ4n) is 1.41. The van der Waals surface area contributed by atoms with Gasteiger partial charge in [-0.1, -0.05) is 13.8 Å². The molecule has 0 bridgehead atoms. The number of nitrogens with zero attached hydrogens (tertiary/aromatic N) is 2. The fourth-order valence-corrected chi connectivity index (χ4v) is 1.41. The Labute approximate surface area is 88.2 Å². The molecule has 0 aliphatic carbocycles. The number of rotatable bonds is 4. The predicted octanol–water partition coefficient (Wildman–Crippen LogP) is 0.816. The number of hydrogen-bond acceptors (Lipinski definition) is 5. The van der Waals surface area contributed by atoms with Crippen molar-refractivity contribution in [3.8, 4) is 0 Å². The van der Waals surface area contributed by atoms with Gasteiger partial charge in [-0.05, 0) is 29.6 Å². The van der Waals surface area contributed by atoms with Crippen LogP contribution in [-0.4, -0.2) is 22.3 Å². The van der Waals surface area contributed by atoms with Crippen LogP contribution < -0.4 is 11.1 Å². The van der Waals surface area contributed by atoms with Crippen molar-refractivity contribution in [3.05, 3.63) is 5.69 Å². The van der Waals surface area contributed by atoms with Gasteiger partial charge in [0, 0.05) is 6.04 Å². The van der Waals surface area contributed by atoms with Crippen LogP contribution >= 0.6 is 0 Å². The molecule has 0 spiro atoms. The lowest BCUT2D eigenvalue weighted by atomic mass is 10.1. The molecule has 6 nitrogen and oxygen atoms in total. The minimum atomic E-state index is -0.345. The van der Waals surface area contributed by atoms with Crippen molar-refractivity contribution in [1.82, 2.24) is 15.6 Å². The van der Waals surface area contributed by atoms with Gasteiger partial charge in [0.25, 0.3) is 5.91 Å². The lowest BCUT2D eigenvalue weighted by Crippen LogP contribution is -2.34. The summed E-state index contributed by atoms with van der Waals surface area (Å²) >= 11 is 0. The topological polar surface area (TPSA) is 94.0 Å². The van der Waals surface area contributed by atoms with Gasteiger partial charge in [-0.15, -0.1) is 0 Å². The average Bonchev–Trinajstić information content (AvgIpc) is 2.49. The second-order valence-electron chi connectivity index (χ2n) is 4.00. The van der Waals surface area contributed by atoms with Gasteiger partial charge in [0.15, 0.2) is 0 Å². The maximum Gasteiger partial charge on any atom is 0.277 e. The standard InChI is InChI=1S/C9H16N4O2/c1-5(2)4-6(3)11-9(14)7-8(10)13-15-12-7/h5-6H,4H2,1-3H3,(H2,10,13)(H,11,14). The summed E-state index contributed by atoms with van der Waals surface area (Å²) in [6.07, 6.45) is 0.900. The van der Waals surface area contributed by atoms with E-state index in [1.807, 2.05) is 6.92 Å². The van der Waals surface area contributed by atoms with Crippen molar-refractivity contribution in [2.45, 2.75) is 33.2 Å². The molecule has 0 aliphatic rings. The Morgan fingerprint density at radius 2 is 2.13 bits per heavy atom. The van der Waals surface area contributed by atoms with E-state index in [-0.39, 0.29) is 23.5 Å². The highest BCUT2D eigenvalue weighted by Crippen LogP contribution is 2.07. The molecule has 1 aromatic heterocycles. The van der Waals surface area contributed by atoms with E-state index in [0.717, 1.165) is 6.42 Å². The fraction of sp³-hybridized carbons (Fsp3) is 0.667. The minimum absolute atomic E-state index is 0.0178. The smallest absolute Gasteiger partial charge is 0.277 e. The highest BCUT2D eigenvalue weighted by atomic mass is 16.6. The highest BCUT2D eigenvalue weighted by Gasteiger charge is 2.17. The maximum absolute atomic E-state index is 11.6. The zero-order chi connectivity index (χ0) is 11.4. The first-order chi connectivity index (χ1) is 7.00. The van der Waals surface area contributed by atoms with Crippen LogP contribution in [0.1, 0.15) is 37.7 Å². The van der Waals surface area contributed by atoms with Gasteiger partial charge < -0.3 is 11.1 Å². The largest absolute Gasteiger partial charge is 0.379 e. The third kappa shape index (κ3) is 3.23. The molecular formula is C9H16N4O2. The molecule has 0 aromatic carbocycles. The van der Waals surface area contributed by atoms with E-state index in [0.29, 0.717) is 5.92 Å². The number of amides is 1. The van der Waals surface area contributed by atoms with E-state index < -0.39 is 0 Å². The van der Waals surface area contributed by atoms with Crippen LogP contribution in [0.25, 0.3) is 0 Å². The molecule has 3 N–H and O–H groups in total. The number of anilines is 1. The Hall–Kier alpha value is -1.59. The van der Waals surface area contributed by atoms with Gasteiger partial charge in [0.2, 0.25) is 11.5 Å². The summed E-state index contributed by atoms with van der Waals surface area (Å²) in [5, 5.41) is 9.53. The van der Waals surface area contributed by atoms with Gasteiger partial charge >= 0.3 is 0 Å². The summed E-state index contributed by atoms with van der Waals surface area (Å²) < 4.78 is 4.34. The third-order valence-corrected chi connectivity index (χ3v) is 1.93. The number of nitrogen functional groups attached to an aromatic ring is 1. The number of carbonyl (C=O) groups excluding carboxylic acids is 1. The second-order valence-corrected chi connectivity index (χ2v) is 4.00. The van der Waals surface area contributed by atoms with Crippen LogP contribution in [0.3, 0.4) is 0 Å². The molecule has 84 valence electrons. The molecule has 1 amide bonds. The van der Waals surface area contributed by atoms with Gasteiger partial charge in [0.1, 0.15) is 0 Å². The first kappa shape index (κ1) is 11.5. The molecule has 0 radical (unpaired) electrons. The summed E-state index contributed by atoms with van der Waals surface area (Å²) in [6.45, 7) is 6.12. The summed E-state index contributed by atoms with van der Waals surface area (Å²) in [7, 11) is 0. The Bertz CT molecular complexity index is 335. The zero-order valence-electron chi connectivity index (χ0n) is 9.15. The van der Waals surface area contributed by atoms with Crippen LogP contribution in [-0.2, 0) is 0 Å².